The quantitative estimate of drug-likeness (QED) is 0.328. The SMILES string of the molecule is O=S(=O)(NCc1ccccc1-c1cncn1CCc1ccc(F)cc1)c1cnc(N2CCN3CCCC3C2)s1. The predicted molar refractivity (Wildman–Crippen MR) is 151 cm³/mol. The van der Waals surface area contributed by atoms with E-state index in [2.05, 4.69) is 24.5 Å². The first-order valence-electron chi connectivity index (χ1n) is 13.2. The van der Waals surface area contributed by atoms with E-state index in [1.54, 1.807) is 24.7 Å². The Balaban J connectivity index is 1.14. The number of piperazine rings is 1. The van der Waals surface area contributed by atoms with Crippen molar-refractivity contribution in [3.63, 3.8) is 0 Å². The molecule has 0 saturated carbocycles. The first-order valence-corrected chi connectivity index (χ1v) is 15.5. The second kappa shape index (κ2) is 11.2. The lowest BCUT2D eigenvalue weighted by atomic mass is 10.0. The molecular formula is C28H31FN6O2S2. The summed E-state index contributed by atoms with van der Waals surface area (Å²) in [5.41, 5.74) is 3.70. The Bertz CT molecular complexity index is 1540. The summed E-state index contributed by atoms with van der Waals surface area (Å²) in [7, 11) is -3.72. The third-order valence-corrected chi connectivity index (χ3v) is 10.5. The molecule has 0 spiro atoms. The molecule has 0 aliphatic carbocycles. The molecule has 1 atom stereocenters. The third-order valence-electron chi connectivity index (χ3n) is 7.61. The van der Waals surface area contributed by atoms with E-state index in [1.165, 1.54) is 42.5 Å². The normalized spacial score (nSPS) is 18.0. The molecular weight excluding hydrogens is 535 g/mol. The maximum atomic E-state index is 13.3. The molecule has 8 nitrogen and oxygen atoms in total. The van der Waals surface area contributed by atoms with Gasteiger partial charge in [-0.25, -0.2) is 27.5 Å². The number of benzene rings is 2. The van der Waals surface area contributed by atoms with Crippen LogP contribution in [0.3, 0.4) is 0 Å². The summed E-state index contributed by atoms with van der Waals surface area (Å²) >= 11 is 1.23. The number of thiazole rings is 1. The highest BCUT2D eigenvalue weighted by Gasteiger charge is 2.32. The summed E-state index contributed by atoms with van der Waals surface area (Å²) in [6.07, 6.45) is 8.18. The molecule has 2 aromatic carbocycles. The standard InChI is InChI=1S/C28H31FN6O2S2/c29-23-9-7-21(8-10-23)11-13-35-20-30-17-26(35)25-6-2-1-4-22(25)16-32-39(36,37)27-18-31-28(38-27)34-15-14-33-12-3-5-24(33)19-34/h1-2,4,6-10,17-18,20,24,32H,3,5,11-16,19H2. The zero-order chi connectivity index (χ0) is 26.8. The highest BCUT2D eigenvalue weighted by molar-refractivity contribution is 7.91. The van der Waals surface area contributed by atoms with Crippen LogP contribution in [0.5, 0.6) is 0 Å². The first kappa shape index (κ1) is 26.1. The number of aromatic nitrogens is 3. The molecule has 6 rings (SSSR count). The monoisotopic (exact) mass is 566 g/mol. The zero-order valence-electron chi connectivity index (χ0n) is 21.5. The zero-order valence-corrected chi connectivity index (χ0v) is 23.2. The molecule has 39 heavy (non-hydrogen) atoms. The Morgan fingerprint density at radius 1 is 1.05 bits per heavy atom. The van der Waals surface area contributed by atoms with Gasteiger partial charge in [0.05, 0.1) is 24.4 Å². The van der Waals surface area contributed by atoms with E-state index in [-0.39, 0.29) is 16.6 Å². The van der Waals surface area contributed by atoms with Crippen LogP contribution in [0.25, 0.3) is 11.3 Å². The molecule has 204 valence electrons. The summed E-state index contributed by atoms with van der Waals surface area (Å²) in [5.74, 6) is -0.250. The lowest BCUT2D eigenvalue weighted by Gasteiger charge is -2.37. The van der Waals surface area contributed by atoms with Gasteiger partial charge in [0, 0.05) is 44.3 Å². The van der Waals surface area contributed by atoms with Gasteiger partial charge in [-0.15, -0.1) is 0 Å². The number of fused-ring (bicyclic) bond motifs is 1. The number of aryl methyl sites for hydroxylation is 2. The van der Waals surface area contributed by atoms with Gasteiger partial charge in [0.1, 0.15) is 5.82 Å². The van der Waals surface area contributed by atoms with Crippen LogP contribution in [-0.4, -0.2) is 60.1 Å². The fourth-order valence-electron chi connectivity index (χ4n) is 5.48. The van der Waals surface area contributed by atoms with Crippen molar-refractivity contribution < 1.29 is 12.8 Å². The second-order valence-corrected chi connectivity index (χ2v) is 13.1. The Kier molecular flexibility index (Phi) is 7.48. The van der Waals surface area contributed by atoms with Crippen LogP contribution in [0.15, 0.2) is 71.5 Å². The van der Waals surface area contributed by atoms with Crippen LogP contribution < -0.4 is 9.62 Å². The number of halogens is 1. The number of nitrogens with one attached hydrogen (secondary N) is 1. The summed E-state index contributed by atoms with van der Waals surface area (Å²) in [5, 5.41) is 0.771. The molecule has 4 aromatic rings. The molecule has 2 aliphatic rings. The Hall–Kier alpha value is -3.12. The van der Waals surface area contributed by atoms with Gasteiger partial charge in [-0.3, -0.25) is 4.90 Å². The van der Waals surface area contributed by atoms with Gasteiger partial charge in [0.2, 0.25) is 0 Å². The molecule has 2 aromatic heterocycles. The molecule has 1 unspecified atom stereocenters. The summed E-state index contributed by atoms with van der Waals surface area (Å²) in [4.78, 5) is 13.6. The van der Waals surface area contributed by atoms with Crippen molar-refractivity contribution in [1.82, 2.24) is 24.2 Å². The van der Waals surface area contributed by atoms with Crippen molar-refractivity contribution in [2.75, 3.05) is 31.1 Å². The minimum Gasteiger partial charge on any atom is -0.345 e. The van der Waals surface area contributed by atoms with Crippen molar-refractivity contribution in [2.24, 2.45) is 0 Å². The molecule has 0 bridgehead atoms. The van der Waals surface area contributed by atoms with Gasteiger partial charge in [-0.2, -0.15) is 0 Å². The summed E-state index contributed by atoms with van der Waals surface area (Å²) in [6.45, 7) is 4.76. The second-order valence-electron chi connectivity index (χ2n) is 10.1. The minimum atomic E-state index is -3.72. The van der Waals surface area contributed by atoms with Crippen molar-refractivity contribution in [3.05, 3.63) is 84.2 Å². The number of rotatable bonds is 9. The van der Waals surface area contributed by atoms with Crippen LogP contribution in [0.2, 0.25) is 0 Å². The van der Waals surface area contributed by atoms with Gasteiger partial charge in [-0.05, 0) is 49.1 Å². The highest BCUT2D eigenvalue weighted by atomic mass is 32.2. The minimum absolute atomic E-state index is 0.148. The molecule has 4 heterocycles. The fraction of sp³-hybridized carbons (Fsp3) is 0.357. The summed E-state index contributed by atoms with van der Waals surface area (Å²) in [6, 6.07) is 14.8. The maximum Gasteiger partial charge on any atom is 0.252 e. The van der Waals surface area contributed by atoms with E-state index in [9.17, 15) is 12.8 Å². The smallest absolute Gasteiger partial charge is 0.252 e. The largest absolute Gasteiger partial charge is 0.345 e. The average Bonchev–Trinajstić information content (AvgIpc) is 3.72. The fourth-order valence-corrected chi connectivity index (χ4v) is 7.68. The topological polar surface area (TPSA) is 83.4 Å². The number of anilines is 1. The molecule has 1 N–H and O–H groups in total. The first-order chi connectivity index (χ1) is 19.0. The van der Waals surface area contributed by atoms with Gasteiger partial charge < -0.3 is 9.47 Å². The van der Waals surface area contributed by atoms with E-state index in [0.29, 0.717) is 12.6 Å². The van der Waals surface area contributed by atoms with Crippen LogP contribution in [0.1, 0.15) is 24.0 Å². The van der Waals surface area contributed by atoms with Crippen LogP contribution in [0, 0.1) is 5.82 Å². The van der Waals surface area contributed by atoms with Gasteiger partial charge in [-0.1, -0.05) is 47.7 Å². The van der Waals surface area contributed by atoms with Crippen LogP contribution >= 0.6 is 11.3 Å². The lowest BCUT2D eigenvalue weighted by molar-refractivity contribution is 0.231. The number of imidazole rings is 1. The number of nitrogens with zero attached hydrogens (tertiary/aromatic N) is 5. The predicted octanol–water partition coefficient (Wildman–Crippen LogP) is 4.15. The van der Waals surface area contributed by atoms with Gasteiger partial charge >= 0.3 is 0 Å². The Morgan fingerprint density at radius 2 is 1.90 bits per heavy atom. The van der Waals surface area contributed by atoms with Crippen LogP contribution in [-0.2, 0) is 29.5 Å². The van der Waals surface area contributed by atoms with Gasteiger partial charge in [0.25, 0.3) is 10.0 Å². The molecule has 2 saturated heterocycles. The maximum absolute atomic E-state index is 13.3. The Morgan fingerprint density at radius 3 is 2.77 bits per heavy atom. The Labute approximate surface area is 232 Å². The van der Waals surface area contributed by atoms with Gasteiger partial charge in [0.15, 0.2) is 9.34 Å². The molecule has 2 fully saturated rings. The van der Waals surface area contributed by atoms with Crippen molar-refractivity contribution in [2.45, 2.75) is 42.6 Å². The van der Waals surface area contributed by atoms with E-state index in [4.69, 9.17) is 0 Å². The van der Waals surface area contributed by atoms with E-state index in [1.807, 2.05) is 28.8 Å². The third kappa shape index (κ3) is 5.76. The molecule has 0 amide bonds. The van der Waals surface area contributed by atoms with Crippen molar-refractivity contribution >= 4 is 26.5 Å². The summed E-state index contributed by atoms with van der Waals surface area (Å²) < 4.78 is 44.7. The van der Waals surface area contributed by atoms with Crippen LogP contribution in [0.4, 0.5) is 9.52 Å². The van der Waals surface area contributed by atoms with Crippen molar-refractivity contribution in [3.8, 4) is 11.3 Å². The lowest BCUT2D eigenvalue weighted by Crippen LogP contribution is -2.50. The molecule has 0 radical (unpaired) electrons. The molecule has 11 heteroatoms. The van der Waals surface area contributed by atoms with Crippen molar-refractivity contribution in [1.29, 1.82) is 0 Å². The highest BCUT2D eigenvalue weighted by Crippen LogP contribution is 2.31. The number of hydrogen-bond donors (Lipinski definition) is 1. The number of sulfonamides is 1. The molecule has 2 aliphatic heterocycles. The average molecular weight is 567 g/mol. The van der Waals surface area contributed by atoms with E-state index in [0.717, 1.165) is 60.1 Å². The van der Waals surface area contributed by atoms with E-state index >= 15 is 0 Å². The van der Waals surface area contributed by atoms with E-state index < -0.39 is 10.0 Å². The number of hydrogen-bond acceptors (Lipinski definition) is 7.